The molecule has 1 aromatic rings. The highest BCUT2D eigenvalue weighted by atomic mass is 14.7. The number of hydrogen-bond donors (Lipinski definition) is 3. The van der Waals surface area contributed by atoms with Crippen LogP contribution in [0.2, 0.25) is 0 Å². The summed E-state index contributed by atoms with van der Waals surface area (Å²) >= 11 is 0. The lowest BCUT2D eigenvalue weighted by atomic mass is 9.96. The Kier molecular flexibility index (Phi) is 7.57. The van der Waals surface area contributed by atoms with Gasteiger partial charge in [-0.15, -0.1) is 0 Å². The van der Waals surface area contributed by atoms with Crippen LogP contribution in [0.1, 0.15) is 36.1 Å². The summed E-state index contributed by atoms with van der Waals surface area (Å²) in [5.74, 6) is 0. The van der Waals surface area contributed by atoms with Gasteiger partial charge in [0.05, 0.1) is 0 Å². The molecule has 18 heavy (non-hydrogen) atoms. The second-order valence-corrected chi connectivity index (χ2v) is 4.57. The maximum atomic E-state index is 5.62. The molecule has 0 aliphatic carbocycles. The van der Waals surface area contributed by atoms with E-state index in [4.69, 9.17) is 17.2 Å². The van der Waals surface area contributed by atoms with Gasteiger partial charge >= 0.3 is 0 Å². The first-order valence-electron chi connectivity index (χ1n) is 6.89. The molecule has 6 N–H and O–H groups in total. The number of aryl methyl sites for hydroxylation is 2. The number of hydrogen-bond acceptors (Lipinski definition) is 4. The lowest BCUT2D eigenvalue weighted by molar-refractivity contribution is 0.748. The minimum atomic E-state index is 0.713. The maximum absolute atomic E-state index is 5.62. The van der Waals surface area contributed by atoms with E-state index in [0.29, 0.717) is 6.54 Å². The van der Waals surface area contributed by atoms with Gasteiger partial charge in [-0.2, -0.15) is 0 Å². The maximum Gasteiger partial charge on any atom is 0.0438 e. The number of nitrogens with zero attached hydrogens (tertiary/aromatic N) is 1. The predicted octanol–water partition coefficient (Wildman–Crippen LogP) is 0.756. The molecule has 102 valence electrons. The molecule has 0 saturated carbocycles. The molecule has 1 rings (SSSR count). The quantitative estimate of drug-likeness (QED) is 0.603. The van der Waals surface area contributed by atoms with Gasteiger partial charge in [0.25, 0.3) is 0 Å². The van der Waals surface area contributed by atoms with Crippen molar-refractivity contribution < 1.29 is 0 Å². The van der Waals surface area contributed by atoms with Crippen LogP contribution >= 0.6 is 0 Å². The van der Waals surface area contributed by atoms with Crippen LogP contribution in [0.15, 0.2) is 12.3 Å². The van der Waals surface area contributed by atoms with Gasteiger partial charge in [0.1, 0.15) is 0 Å². The third-order valence-electron chi connectivity index (χ3n) is 3.14. The van der Waals surface area contributed by atoms with Crippen LogP contribution in [-0.4, -0.2) is 24.6 Å². The lowest BCUT2D eigenvalue weighted by Crippen LogP contribution is -2.10. The molecular formula is C14H26N4. The summed E-state index contributed by atoms with van der Waals surface area (Å²) in [4.78, 5) is 4.51. The van der Waals surface area contributed by atoms with E-state index in [2.05, 4.69) is 11.1 Å². The van der Waals surface area contributed by atoms with Gasteiger partial charge < -0.3 is 17.2 Å². The monoisotopic (exact) mass is 250 g/mol. The largest absolute Gasteiger partial charge is 0.330 e. The van der Waals surface area contributed by atoms with Gasteiger partial charge in [0, 0.05) is 11.9 Å². The van der Waals surface area contributed by atoms with Gasteiger partial charge in [0.15, 0.2) is 0 Å². The van der Waals surface area contributed by atoms with Crippen LogP contribution in [0.5, 0.6) is 0 Å². The van der Waals surface area contributed by atoms with Gasteiger partial charge in [-0.25, -0.2) is 0 Å². The molecule has 0 aliphatic rings. The van der Waals surface area contributed by atoms with Gasteiger partial charge in [0.2, 0.25) is 0 Å². The van der Waals surface area contributed by atoms with Crippen LogP contribution in [-0.2, 0) is 19.3 Å². The normalized spacial score (nSPS) is 10.8. The molecule has 4 heteroatoms. The Bertz CT molecular complexity index is 312. The Morgan fingerprint density at radius 1 is 0.833 bits per heavy atom. The van der Waals surface area contributed by atoms with Crippen molar-refractivity contribution in [1.82, 2.24) is 4.98 Å². The van der Waals surface area contributed by atoms with Crippen LogP contribution in [0.3, 0.4) is 0 Å². The molecule has 1 aromatic heterocycles. The smallest absolute Gasteiger partial charge is 0.0438 e. The Morgan fingerprint density at radius 3 is 2.11 bits per heavy atom. The van der Waals surface area contributed by atoms with Crippen molar-refractivity contribution in [3.05, 3.63) is 29.1 Å². The molecule has 0 fully saturated rings. The number of nitrogens with two attached hydrogens (primary N) is 3. The van der Waals surface area contributed by atoms with E-state index in [0.717, 1.165) is 51.6 Å². The number of aromatic nitrogens is 1. The highest BCUT2D eigenvalue weighted by molar-refractivity contribution is 5.31. The molecule has 4 nitrogen and oxygen atoms in total. The zero-order valence-electron chi connectivity index (χ0n) is 11.2. The molecular weight excluding hydrogens is 224 g/mol. The number of pyridine rings is 1. The highest BCUT2D eigenvalue weighted by Crippen LogP contribution is 2.17. The zero-order chi connectivity index (χ0) is 13.2. The first-order valence-corrected chi connectivity index (χ1v) is 6.89. The molecule has 0 aliphatic heterocycles. The van der Waals surface area contributed by atoms with E-state index >= 15 is 0 Å². The molecule has 0 amide bonds. The summed E-state index contributed by atoms with van der Waals surface area (Å²) in [7, 11) is 0. The van der Waals surface area contributed by atoms with Crippen molar-refractivity contribution in [3.8, 4) is 0 Å². The van der Waals surface area contributed by atoms with Crippen LogP contribution in [0.4, 0.5) is 0 Å². The second-order valence-electron chi connectivity index (χ2n) is 4.57. The first kappa shape index (κ1) is 15.1. The van der Waals surface area contributed by atoms with E-state index in [1.54, 1.807) is 0 Å². The highest BCUT2D eigenvalue weighted by Gasteiger charge is 2.09. The van der Waals surface area contributed by atoms with E-state index in [1.165, 1.54) is 16.8 Å². The van der Waals surface area contributed by atoms with Crippen molar-refractivity contribution in [2.24, 2.45) is 17.2 Å². The van der Waals surface area contributed by atoms with Crippen molar-refractivity contribution >= 4 is 0 Å². The summed E-state index contributed by atoms with van der Waals surface area (Å²) in [5.41, 5.74) is 20.8. The average molecular weight is 250 g/mol. The molecule has 0 atom stereocenters. The summed E-state index contributed by atoms with van der Waals surface area (Å²) < 4.78 is 0. The molecule has 0 bridgehead atoms. The molecule has 0 radical (unpaired) electrons. The van der Waals surface area contributed by atoms with Gasteiger partial charge in [-0.3, -0.25) is 4.98 Å². The Morgan fingerprint density at radius 2 is 1.44 bits per heavy atom. The second kappa shape index (κ2) is 9.03. The lowest BCUT2D eigenvalue weighted by Gasteiger charge is -2.13. The third kappa shape index (κ3) is 4.72. The van der Waals surface area contributed by atoms with Gasteiger partial charge in [-0.1, -0.05) is 0 Å². The van der Waals surface area contributed by atoms with Crippen molar-refractivity contribution in [2.75, 3.05) is 19.6 Å². The van der Waals surface area contributed by atoms with Gasteiger partial charge in [-0.05, 0) is 75.4 Å². The van der Waals surface area contributed by atoms with Crippen molar-refractivity contribution in [3.63, 3.8) is 0 Å². The van der Waals surface area contributed by atoms with E-state index in [-0.39, 0.29) is 0 Å². The Hall–Kier alpha value is -0.970. The van der Waals surface area contributed by atoms with E-state index < -0.39 is 0 Å². The number of rotatable bonds is 9. The third-order valence-corrected chi connectivity index (χ3v) is 3.14. The fourth-order valence-corrected chi connectivity index (χ4v) is 2.18. The summed E-state index contributed by atoms with van der Waals surface area (Å²) in [6.45, 7) is 2.17. The standard InChI is InChI=1S/C14H26N4/c15-8-1-4-12-7-11-18-14(6-3-10-17)13(12)5-2-9-16/h7,11H,1-6,8-10,15-17H2. The first-order chi connectivity index (χ1) is 8.83. The summed E-state index contributed by atoms with van der Waals surface area (Å²) in [6, 6.07) is 2.12. The molecule has 0 aromatic carbocycles. The van der Waals surface area contributed by atoms with E-state index in [1.807, 2.05) is 6.20 Å². The minimum absolute atomic E-state index is 0.713. The summed E-state index contributed by atoms with van der Waals surface area (Å²) in [6.07, 6.45) is 7.95. The average Bonchev–Trinajstić information content (AvgIpc) is 2.41. The van der Waals surface area contributed by atoms with Crippen molar-refractivity contribution in [1.29, 1.82) is 0 Å². The fourth-order valence-electron chi connectivity index (χ4n) is 2.18. The predicted molar refractivity (Wildman–Crippen MR) is 76.4 cm³/mol. The van der Waals surface area contributed by atoms with E-state index in [9.17, 15) is 0 Å². The molecule has 0 spiro atoms. The topological polar surface area (TPSA) is 90.9 Å². The van der Waals surface area contributed by atoms with Crippen LogP contribution in [0, 0.1) is 0 Å². The molecule has 0 saturated heterocycles. The molecule has 0 unspecified atom stereocenters. The summed E-state index contributed by atoms with van der Waals surface area (Å²) in [5, 5.41) is 0. The Balaban J connectivity index is 2.85. The SMILES string of the molecule is NCCCc1ccnc(CCCN)c1CCCN. The van der Waals surface area contributed by atoms with Crippen LogP contribution < -0.4 is 17.2 Å². The zero-order valence-corrected chi connectivity index (χ0v) is 11.2. The van der Waals surface area contributed by atoms with Crippen LogP contribution in [0.25, 0.3) is 0 Å². The van der Waals surface area contributed by atoms with Crippen molar-refractivity contribution in [2.45, 2.75) is 38.5 Å². The Labute approximate surface area is 110 Å². The minimum Gasteiger partial charge on any atom is -0.330 e. The fraction of sp³-hybridized carbons (Fsp3) is 0.643. The molecule has 1 heterocycles.